The average Bonchev–Trinajstić information content (AvgIpc) is 2.60. The molecule has 0 spiro atoms. The summed E-state index contributed by atoms with van der Waals surface area (Å²) in [5.41, 5.74) is 0.854. The Labute approximate surface area is 183 Å². The van der Waals surface area contributed by atoms with Crippen molar-refractivity contribution >= 4 is 10.1 Å². The van der Waals surface area contributed by atoms with Crippen LogP contribution in [0.5, 0.6) is 17.2 Å². The van der Waals surface area contributed by atoms with Gasteiger partial charge in [-0.05, 0) is 48.7 Å². The molecule has 2 aromatic carbocycles. The molecule has 0 fully saturated rings. The molecule has 0 radical (unpaired) electrons. The van der Waals surface area contributed by atoms with Crippen LogP contribution in [-0.2, 0) is 16.5 Å². The summed E-state index contributed by atoms with van der Waals surface area (Å²) in [5, 5.41) is 11.7. The van der Waals surface area contributed by atoms with Gasteiger partial charge in [0.15, 0.2) is 0 Å². The normalized spacial score (nSPS) is 11.0. The zero-order valence-corrected chi connectivity index (χ0v) is 18.8. The quantitative estimate of drug-likeness (QED) is 0.373. The van der Waals surface area contributed by atoms with Crippen LogP contribution in [0, 0.1) is 0 Å². The monoisotopic (exact) mass is 400 g/mol. The van der Waals surface area contributed by atoms with Gasteiger partial charge in [-0.25, -0.2) is 0 Å². The summed E-state index contributed by atoms with van der Waals surface area (Å²) in [6, 6.07) is 10.2. The minimum absolute atomic E-state index is 0. The Kier molecular flexibility index (Phi) is 10.4. The van der Waals surface area contributed by atoms with Gasteiger partial charge >= 0.3 is 29.6 Å². The van der Waals surface area contributed by atoms with E-state index in [1.54, 1.807) is 12.1 Å². The first-order chi connectivity index (χ1) is 12.4. The van der Waals surface area contributed by atoms with Crippen molar-refractivity contribution in [3.8, 4) is 17.2 Å². The van der Waals surface area contributed by atoms with E-state index in [0.29, 0.717) is 11.5 Å². The summed E-state index contributed by atoms with van der Waals surface area (Å²) in [5.74, 6) is 0.984. The standard InChI is InChI=1S/C20H26O5S.Na/c1-2-3-4-5-6-7-8-16-15-17(21)9-14-20(16)25-18-10-12-19(13-11-18)26(22,23)24;/h9-15,21H,2-8H2,1H3,(H,22,23,24);/q;+1/p-1. The Morgan fingerprint density at radius 2 is 1.59 bits per heavy atom. The van der Waals surface area contributed by atoms with Crippen LogP contribution in [0.25, 0.3) is 0 Å². The summed E-state index contributed by atoms with van der Waals surface area (Å²) in [4.78, 5) is -0.188. The first kappa shape index (κ1) is 24.0. The second kappa shape index (κ2) is 11.7. The summed E-state index contributed by atoms with van der Waals surface area (Å²) >= 11 is 0. The van der Waals surface area contributed by atoms with Crippen LogP contribution in [-0.4, -0.2) is 13.0 Å². The van der Waals surface area contributed by atoms with E-state index in [1.165, 1.54) is 56.0 Å². The molecule has 0 aromatic heterocycles. The van der Waals surface area contributed by atoms with Crippen molar-refractivity contribution in [1.82, 2.24) is 0 Å². The van der Waals surface area contributed by atoms with Gasteiger partial charge in [0.25, 0.3) is 10.1 Å². The van der Waals surface area contributed by atoms with Crippen LogP contribution in [0.2, 0.25) is 0 Å². The fourth-order valence-electron chi connectivity index (χ4n) is 2.75. The molecule has 0 aliphatic heterocycles. The van der Waals surface area contributed by atoms with E-state index < -0.39 is 10.1 Å². The number of ether oxygens (including phenoxy) is 1. The molecule has 27 heavy (non-hydrogen) atoms. The molecule has 5 nitrogen and oxygen atoms in total. The van der Waals surface area contributed by atoms with Crippen molar-refractivity contribution in [3.63, 3.8) is 0 Å². The Bertz CT molecular complexity index is 804. The first-order valence-electron chi connectivity index (χ1n) is 8.95. The molecule has 0 saturated carbocycles. The van der Waals surface area contributed by atoms with Crippen LogP contribution in [0.3, 0.4) is 0 Å². The third-order valence-electron chi connectivity index (χ3n) is 4.18. The van der Waals surface area contributed by atoms with Crippen molar-refractivity contribution in [3.05, 3.63) is 48.0 Å². The molecule has 0 aliphatic rings. The summed E-state index contributed by atoms with van der Waals surface area (Å²) in [7, 11) is -4.22. The zero-order valence-electron chi connectivity index (χ0n) is 16.0. The van der Waals surface area contributed by atoms with Crippen LogP contribution in [0.15, 0.2) is 47.4 Å². The molecule has 7 heteroatoms. The molecule has 0 saturated heterocycles. The molecule has 0 aliphatic carbocycles. The van der Waals surface area contributed by atoms with E-state index in [1.807, 2.05) is 0 Å². The van der Waals surface area contributed by atoms with Gasteiger partial charge in [-0.2, -0.15) is 8.42 Å². The van der Waals surface area contributed by atoms with E-state index >= 15 is 0 Å². The van der Waals surface area contributed by atoms with Gasteiger partial charge in [0.05, 0.1) is 4.90 Å². The third kappa shape index (κ3) is 8.23. The molecule has 2 aromatic rings. The van der Waals surface area contributed by atoms with Crippen molar-refractivity contribution < 1.29 is 52.4 Å². The maximum absolute atomic E-state index is 11.7. The molecule has 0 heterocycles. The fraction of sp³-hybridized carbons (Fsp3) is 0.400. The van der Waals surface area contributed by atoms with Gasteiger partial charge in [-0.1, -0.05) is 51.2 Å². The van der Waals surface area contributed by atoms with E-state index in [4.69, 9.17) is 9.29 Å². The van der Waals surface area contributed by atoms with E-state index in [2.05, 4.69) is 6.92 Å². The van der Waals surface area contributed by atoms with Crippen LogP contribution in [0.1, 0.15) is 51.0 Å². The van der Waals surface area contributed by atoms with Crippen molar-refractivity contribution in [2.75, 3.05) is 0 Å². The number of hydrogen-bond acceptors (Lipinski definition) is 4. The number of benzene rings is 2. The van der Waals surface area contributed by atoms with Gasteiger partial charge in [0, 0.05) is 0 Å². The Morgan fingerprint density at radius 3 is 2.22 bits per heavy atom. The second-order valence-corrected chi connectivity index (χ2v) is 7.76. The fourth-order valence-corrected chi connectivity index (χ4v) is 3.23. The minimum Gasteiger partial charge on any atom is -0.872 e. The molecular formula is C20H25NaO5S. The number of hydrogen-bond donors (Lipinski definition) is 1. The van der Waals surface area contributed by atoms with Crippen LogP contribution < -0.4 is 39.4 Å². The molecule has 0 atom stereocenters. The maximum Gasteiger partial charge on any atom is 1.00 e. The van der Waals surface area contributed by atoms with Gasteiger partial charge in [0.1, 0.15) is 11.5 Å². The van der Waals surface area contributed by atoms with Crippen LogP contribution in [0.4, 0.5) is 0 Å². The Hall–Kier alpha value is -1.05. The third-order valence-corrected chi connectivity index (χ3v) is 5.05. The van der Waals surface area contributed by atoms with E-state index in [9.17, 15) is 13.5 Å². The molecular weight excluding hydrogens is 375 g/mol. The second-order valence-electron chi connectivity index (χ2n) is 6.34. The maximum atomic E-state index is 11.7. The zero-order chi connectivity index (χ0) is 19.0. The van der Waals surface area contributed by atoms with E-state index in [0.717, 1.165) is 24.8 Å². The Balaban J connectivity index is 0.00000364. The van der Waals surface area contributed by atoms with Crippen molar-refractivity contribution in [1.29, 1.82) is 0 Å². The number of aryl methyl sites for hydroxylation is 1. The van der Waals surface area contributed by atoms with Gasteiger partial charge < -0.3 is 9.84 Å². The molecule has 0 unspecified atom stereocenters. The van der Waals surface area contributed by atoms with Gasteiger partial charge in [0.2, 0.25) is 0 Å². The molecule has 2 rings (SSSR count). The summed E-state index contributed by atoms with van der Waals surface area (Å²) < 4.78 is 37.0. The predicted molar refractivity (Wildman–Crippen MR) is 99.3 cm³/mol. The number of rotatable bonds is 10. The molecule has 1 N–H and O–H groups in total. The topological polar surface area (TPSA) is 86.7 Å². The Morgan fingerprint density at radius 1 is 0.963 bits per heavy atom. The average molecular weight is 400 g/mol. The van der Waals surface area contributed by atoms with E-state index in [-0.39, 0.29) is 40.2 Å². The molecule has 0 amide bonds. The summed E-state index contributed by atoms with van der Waals surface area (Å²) in [6.45, 7) is 2.19. The first-order valence-corrected chi connectivity index (χ1v) is 10.4. The van der Waals surface area contributed by atoms with Crippen molar-refractivity contribution in [2.45, 2.75) is 56.8 Å². The molecule has 0 bridgehead atoms. The molecule has 142 valence electrons. The predicted octanol–water partition coefficient (Wildman–Crippen LogP) is 1.71. The van der Waals surface area contributed by atoms with Gasteiger partial charge in [-0.3, -0.25) is 4.55 Å². The number of unbranched alkanes of at least 4 members (excludes halogenated alkanes) is 5. The summed E-state index contributed by atoms with van der Waals surface area (Å²) in [6.07, 6.45) is 7.77. The minimum atomic E-state index is -4.22. The largest absolute Gasteiger partial charge is 1.00 e. The smallest absolute Gasteiger partial charge is 0.872 e. The van der Waals surface area contributed by atoms with Crippen molar-refractivity contribution in [2.24, 2.45) is 0 Å². The van der Waals surface area contributed by atoms with Crippen LogP contribution >= 0.6 is 0 Å². The SMILES string of the molecule is CCCCCCCCc1cc([O-])ccc1Oc1ccc(S(=O)(=O)O)cc1.[Na+]. The van der Waals surface area contributed by atoms with Gasteiger partial charge in [-0.15, -0.1) is 5.75 Å².